The first-order valence-electron chi connectivity index (χ1n) is 10.4. The lowest BCUT2D eigenvalue weighted by Crippen LogP contribution is -2.18. The summed E-state index contributed by atoms with van der Waals surface area (Å²) in [4.78, 5) is 24.9. The number of rotatable bonds is 6. The van der Waals surface area contributed by atoms with Gasteiger partial charge in [-0.1, -0.05) is 48.0 Å². The van der Waals surface area contributed by atoms with Crippen LogP contribution in [0, 0.1) is 6.92 Å². The van der Waals surface area contributed by atoms with Gasteiger partial charge in [0.05, 0.1) is 13.3 Å². The maximum atomic E-state index is 12.5. The van der Waals surface area contributed by atoms with E-state index < -0.39 is 0 Å². The molecule has 0 unspecified atom stereocenters. The van der Waals surface area contributed by atoms with E-state index in [0.29, 0.717) is 22.6 Å². The van der Waals surface area contributed by atoms with Gasteiger partial charge in [-0.2, -0.15) is 5.10 Å². The van der Waals surface area contributed by atoms with Gasteiger partial charge in [-0.25, -0.2) is 5.43 Å². The molecule has 6 heteroatoms. The van der Waals surface area contributed by atoms with Crippen molar-refractivity contribution in [3.05, 3.63) is 107 Å². The van der Waals surface area contributed by atoms with Crippen LogP contribution in [0.4, 0.5) is 5.69 Å². The van der Waals surface area contributed by atoms with Gasteiger partial charge in [-0.15, -0.1) is 0 Å². The number of carbonyl (C=O) groups is 2. The summed E-state index contributed by atoms with van der Waals surface area (Å²) in [5.74, 6) is 0.104. The third-order valence-corrected chi connectivity index (χ3v) is 5.20. The minimum atomic E-state index is -0.359. The Hall–Kier alpha value is -4.45. The summed E-state index contributed by atoms with van der Waals surface area (Å²) in [6.45, 7) is 1.93. The first-order chi connectivity index (χ1) is 16.0. The first-order valence-corrected chi connectivity index (χ1v) is 10.4. The third-order valence-electron chi connectivity index (χ3n) is 5.20. The van der Waals surface area contributed by atoms with Crippen molar-refractivity contribution >= 4 is 34.5 Å². The van der Waals surface area contributed by atoms with Crippen LogP contribution < -0.4 is 15.5 Å². The van der Waals surface area contributed by atoms with Crippen LogP contribution in [0.3, 0.4) is 0 Å². The molecule has 0 spiro atoms. The number of methoxy groups -OCH3 is 1. The molecular weight excluding hydrogens is 414 g/mol. The lowest BCUT2D eigenvalue weighted by molar-refractivity contribution is 0.0954. The summed E-state index contributed by atoms with van der Waals surface area (Å²) < 4.78 is 5.44. The highest BCUT2D eigenvalue weighted by Crippen LogP contribution is 2.26. The Morgan fingerprint density at radius 3 is 2.39 bits per heavy atom. The van der Waals surface area contributed by atoms with Crippen LogP contribution in [0.5, 0.6) is 5.75 Å². The molecule has 0 fully saturated rings. The van der Waals surface area contributed by atoms with Gasteiger partial charge in [0, 0.05) is 22.4 Å². The van der Waals surface area contributed by atoms with E-state index in [-0.39, 0.29) is 11.8 Å². The zero-order valence-corrected chi connectivity index (χ0v) is 18.3. The van der Waals surface area contributed by atoms with E-state index in [1.807, 2.05) is 61.5 Å². The second-order valence-corrected chi connectivity index (χ2v) is 7.50. The summed E-state index contributed by atoms with van der Waals surface area (Å²) in [6, 6.07) is 25.7. The predicted molar refractivity (Wildman–Crippen MR) is 131 cm³/mol. The normalized spacial score (nSPS) is 10.8. The third kappa shape index (κ3) is 5.07. The molecule has 0 bridgehead atoms. The van der Waals surface area contributed by atoms with Crippen molar-refractivity contribution in [2.45, 2.75) is 6.92 Å². The number of nitrogens with zero attached hydrogens (tertiary/aromatic N) is 1. The predicted octanol–water partition coefficient (Wildman–Crippen LogP) is 5.17. The average molecular weight is 437 g/mol. The van der Waals surface area contributed by atoms with Crippen molar-refractivity contribution in [2.75, 3.05) is 12.4 Å². The Morgan fingerprint density at radius 1 is 0.848 bits per heavy atom. The number of ether oxygens (including phenoxy) is 1. The van der Waals surface area contributed by atoms with Crippen molar-refractivity contribution in [2.24, 2.45) is 5.10 Å². The fourth-order valence-electron chi connectivity index (χ4n) is 3.50. The molecule has 0 aliphatic carbocycles. The van der Waals surface area contributed by atoms with Crippen LogP contribution in [0.25, 0.3) is 10.8 Å². The molecule has 2 amide bonds. The van der Waals surface area contributed by atoms with Crippen LogP contribution >= 0.6 is 0 Å². The van der Waals surface area contributed by atoms with E-state index in [9.17, 15) is 9.59 Å². The zero-order chi connectivity index (χ0) is 23.2. The van der Waals surface area contributed by atoms with Gasteiger partial charge in [0.2, 0.25) is 0 Å². The van der Waals surface area contributed by atoms with Crippen molar-refractivity contribution in [1.82, 2.24) is 5.43 Å². The lowest BCUT2D eigenvalue weighted by Gasteiger charge is -2.08. The second kappa shape index (κ2) is 9.78. The first kappa shape index (κ1) is 21.8. The number of fused-ring (bicyclic) bond motifs is 1. The van der Waals surface area contributed by atoms with Gasteiger partial charge in [0.1, 0.15) is 5.75 Å². The maximum absolute atomic E-state index is 12.5. The molecule has 0 heterocycles. The number of hydrazone groups is 1. The molecule has 0 aromatic heterocycles. The number of nitrogens with one attached hydrogen (secondary N) is 2. The van der Waals surface area contributed by atoms with Crippen molar-refractivity contribution in [1.29, 1.82) is 0 Å². The van der Waals surface area contributed by atoms with E-state index in [1.165, 1.54) is 0 Å². The molecule has 6 nitrogen and oxygen atoms in total. The fraction of sp³-hybridized carbons (Fsp3) is 0.0741. The Morgan fingerprint density at radius 2 is 1.64 bits per heavy atom. The molecule has 0 saturated heterocycles. The Balaban J connectivity index is 1.43. The summed E-state index contributed by atoms with van der Waals surface area (Å²) >= 11 is 0. The Labute approximate surface area is 191 Å². The van der Waals surface area contributed by atoms with Crippen molar-refractivity contribution in [3.8, 4) is 5.75 Å². The highest BCUT2D eigenvalue weighted by Gasteiger charge is 2.09. The second-order valence-electron chi connectivity index (χ2n) is 7.50. The molecule has 4 aromatic rings. The molecule has 0 aliphatic rings. The summed E-state index contributed by atoms with van der Waals surface area (Å²) in [7, 11) is 1.60. The summed E-state index contributed by atoms with van der Waals surface area (Å²) in [5.41, 5.74) is 5.94. The smallest absolute Gasteiger partial charge is 0.271 e. The number of benzene rings is 4. The highest BCUT2D eigenvalue weighted by molar-refractivity contribution is 6.05. The summed E-state index contributed by atoms with van der Waals surface area (Å²) in [5, 5.41) is 8.98. The molecular formula is C27H23N3O3. The van der Waals surface area contributed by atoms with E-state index in [4.69, 9.17) is 4.74 Å². The fourth-order valence-corrected chi connectivity index (χ4v) is 3.50. The van der Waals surface area contributed by atoms with Gasteiger partial charge < -0.3 is 10.1 Å². The van der Waals surface area contributed by atoms with E-state index >= 15 is 0 Å². The van der Waals surface area contributed by atoms with Gasteiger partial charge in [0.25, 0.3) is 11.8 Å². The number of hydrogen-bond donors (Lipinski definition) is 2. The van der Waals surface area contributed by atoms with Crippen LogP contribution in [0.1, 0.15) is 31.8 Å². The van der Waals surface area contributed by atoms with E-state index in [1.54, 1.807) is 43.7 Å². The SMILES string of the molecule is COc1ccc2ccccc2c1/C=N/NC(=O)c1ccc(NC(=O)c2cccc(C)c2)cc1. The van der Waals surface area contributed by atoms with Crippen LogP contribution in [-0.2, 0) is 0 Å². The maximum Gasteiger partial charge on any atom is 0.271 e. The number of carbonyl (C=O) groups excluding carboxylic acids is 2. The van der Waals surface area contributed by atoms with Gasteiger partial charge in [0.15, 0.2) is 0 Å². The number of anilines is 1. The molecule has 33 heavy (non-hydrogen) atoms. The van der Waals surface area contributed by atoms with Crippen LogP contribution in [0.15, 0.2) is 90.0 Å². The van der Waals surface area contributed by atoms with E-state index in [0.717, 1.165) is 21.9 Å². The Bertz CT molecular complexity index is 1340. The van der Waals surface area contributed by atoms with Gasteiger partial charge in [-0.3, -0.25) is 9.59 Å². The molecule has 0 atom stereocenters. The molecule has 4 rings (SSSR count). The number of aryl methyl sites for hydroxylation is 1. The number of hydrogen-bond acceptors (Lipinski definition) is 4. The largest absolute Gasteiger partial charge is 0.496 e. The van der Waals surface area contributed by atoms with Crippen molar-refractivity contribution in [3.63, 3.8) is 0 Å². The Kier molecular flexibility index (Phi) is 6.45. The average Bonchev–Trinajstić information content (AvgIpc) is 2.84. The monoisotopic (exact) mass is 437 g/mol. The minimum Gasteiger partial charge on any atom is -0.496 e. The standard InChI is InChI=1S/C27H23N3O3/c1-18-6-5-8-21(16-18)26(31)29-22-13-10-20(11-14-22)27(32)30-28-17-24-23-9-4-3-7-19(23)12-15-25(24)33-2/h3-17H,1-2H3,(H,29,31)(H,30,32)/b28-17+. The van der Waals surface area contributed by atoms with E-state index in [2.05, 4.69) is 15.8 Å². The molecule has 0 aliphatic heterocycles. The molecule has 0 saturated carbocycles. The summed E-state index contributed by atoms with van der Waals surface area (Å²) in [6.07, 6.45) is 1.58. The van der Waals surface area contributed by atoms with Crippen LogP contribution in [-0.4, -0.2) is 25.1 Å². The lowest BCUT2D eigenvalue weighted by atomic mass is 10.0. The zero-order valence-electron chi connectivity index (χ0n) is 18.3. The van der Waals surface area contributed by atoms with Gasteiger partial charge >= 0.3 is 0 Å². The van der Waals surface area contributed by atoms with Crippen molar-refractivity contribution < 1.29 is 14.3 Å². The molecule has 164 valence electrons. The highest BCUT2D eigenvalue weighted by atomic mass is 16.5. The minimum absolute atomic E-state index is 0.204. The van der Waals surface area contributed by atoms with Crippen LogP contribution in [0.2, 0.25) is 0 Å². The quantitative estimate of drug-likeness (QED) is 0.322. The molecule has 0 radical (unpaired) electrons. The van der Waals surface area contributed by atoms with Gasteiger partial charge in [-0.05, 0) is 60.2 Å². The topological polar surface area (TPSA) is 79.8 Å². The number of amides is 2. The molecule has 2 N–H and O–H groups in total. The molecule has 4 aromatic carbocycles.